The van der Waals surface area contributed by atoms with Crippen molar-refractivity contribution in [1.29, 1.82) is 0 Å². The minimum Gasteiger partial charge on any atom is -0.488 e. The van der Waals surface area contributed by atoms with Crippen molar-refractivity contribution >= 4 is 0 Å². The van der Waals surface area contributed by atoms with Gasteiger partial charge in [0.15, 0.2) is 0 Å². The Balaban J connectivity index is 1.48. The van der Waals surface area contributed by atoms with Gasteiger partial charge in [-0.1, -0.05) is 23.4 Å². The van der Waals surface area contributed by atoms with Crippen LogP contribution in [0.15, 0.2) is 30.5 Å². The normalized spacial score (nSPS) is 17.6. The van der Waals surface area contributed by atoms with Crippen LogP contribution < -0.4 is 10.1 Å². The van der Waals surface area contributed by atoms with Crippen LogP contribution in [0, 0.1) is 0 Å². The molecule has 0 amide bonds. The molecule has 0 spiro atoms. The molecular weight excluding hydrogens is 264 g/mol. The topological polar surface area (TPSA) is 52.0 Å². The second-order valence-electron chi connectivity index (χ2n) is 6.51. The SMILES string of the molecule is CC(C)(C)n1cc(CNCC2Cc3ccccc3O2)nn1. The molecule has 1 aliphatic heterocycles. The highest BCUT2D eigenvalue weighted by atomic mass is 16.5. The smallest absolute Gasteiger partial charge is 0.123 e. The molecule has 5 heteroatoms. The van der Waals surface area contributed by atoms with Crippen LogP contribution in [0.2, 0.25) is 0 Å². The third-order valence-electron chi connectivity index (χ3n) is 3.62. The summed E-state index contributed by atoms with van der Waals surface area (Å²) in [5.41, 5.74) is 2.23. The lowest BCUT2D eigenvalue weighted by atomic mass is 10.1. The van der Waals surface area contributed by atoms with Crippen molar-refractivity contribution < 1.29 is 4.74 Å². The second kappa shape index (κ2) is 5.48. The lowest BCUT2D eigenvalue weighted by Crippen LogP contribution is -2.29. The van der Waals surface area contributed by atoms with Gasteiger partial charge in [-0.2, -0.15) is 0 Å². The maximum Gasteiger partial charge on any atom is 0.123 e. The molecule has 0 saturated carbocycles. The van der Waals surface area contributed by atoms with Crippen molar-refractivity contribution in [3.8, 4) is 5.75 Å². The highest BCUT2D eigenvalue weighted by Crippen LogP contribution is 2.27. The first-order chi connectivity index (χ1) is 10.0. The van der Waals surface area contributed by atoms with E-state index in [1.807, 2.05) is 23.0 Å². The first-order valence-electron chi connectivity index (χ1n) is 7.39. The van der Waals surface area contributed by atoms with Crippen molar-refractivity contribution in [1.82, 2.24) is 20.3 Å². The summed E-state index contributed by atoms with van der Waals surface area (Å²) in [5.74, 6) is 1.02. The predicted molar refractivity (Wildman–Crippen MR) is 81.3 cm³/mol. The van der Waals surface area contributed by atoms with Gasteiger partial charge in [-0.05, 0) is 32.4 Å². The van der Waals surface area contributed by atoms with E-state index in [1.54, 1.807) is 0 Å². The Labute approximate surface area is 125 Å². The van der Waals surface area contributed by atoms with E-state index in [-0.39, 0.29) is 11.6 Å². The molecule has 112 valence electrons. The first-order valence-corrected chi connectivity index (χ1v) is 7.39. The average molecular weight is 286 g/mol. The number of aromatic nitrogens is 3. The molecule has 0 radical (unpaired) electrons. The number of hydrogen-bond acceptors (Lipinski definition) is 4. The van der Waals surface area contributed by atoms with Gasteiger partial charge in [-0.3, -0.25) is 0 Å². The van der Waals surface area contributed by atoms with Gasteiger partial charge in [0.1, 0.15) is 11.9 Å². The van der Waals surface area contributed by atoms with Gasteiger partial charge in [-0.15, -0.1) is 5.10 Å². The molecule has 1 aromatic carbocycles. The number of nitrogens with one attached hydrogen (secondary N) is 1. The van der Waals surface area contributed by atoms with E-state index >= 15 is 0 Å². The van der Waals surface area contributed by atoms with Crippen molar-refractivity contribution in [3.63, 3.8) is 0 Å². The fourth-order valence-corrected chi connectivity index (χ4v) is 2.44. The molecule has 0 bridgehead atoms. The van der Waals surface area contributed by atoms with Crippen LogP contribution in [0.1, 0.15) is 32.0 Å². The molecule has 5 nitrogen and oxygen atoms in total. The van der Waals surface area contributed by atoms with Crippen molar-refractivity contribution in [2.75, 3.05) is 6.54 Å². The number of rotatable bonds is 4. The minimum atomic E-state index is -0.0263. The molecule has 2 aromatic rings. The van der Waals surface area contributed by atoms with Crippen LogP contribution in [-0.2, 0) is 18.5 Å². The van der Waals surface area contributed by atoms with Crippen molar-refractivity contribution in [3.05, 3.63) is 41.7 Å². The summed E-state index contributed by atoms with van der Waals surface area (Å²) < 4.78 is 7.80. The van der Waals surface area contributed by atoms with Gasteiger partial charge in [-0.25, -0.2) is 4.68 Å². The number of para-hydroxylation sites is 1. The van der Waals surface area contributed by atoms with Crippen LogP contribution in [0.5, 0.6) is 5.75 Å². The Kier molecular flexibility index (Phi) is 3.68. The minimum absolute atomic E-state index is 0.0263. The summed E-state index contributed by atoms with van der Waals surface area (Å²) >= 11 is 0. The summed E-state index contributed by atoms with van der Waals surface area (Å²) in [6, 6.07) is 8.23. The lowest BCUT2D eigenvalue weighted by molar-refractivity contribution is 0.227. The summed E-state index contributed by atoms with van der Waals surface area (Å²) in [6.07, 6.45) is 3.18. The van der Waals surface area contributed by atoms with Crippen molar-refractivity contribution in [2.24, 2.45) is 0 Å². The maximum atomic E-state index is 5.90. The fraction of sp³-hybridized carbons (Fsp3) is 0.500. The fourth-order valence-electron chi connectivity index (χ4n) is 2.44. The summed E-state index contributed by atoms with van der Waals surface area (Å²) in [5, 5.41) is 11.8. The van der Waals surface area contributed by atoms with Gasteiger partial charge >= 0.3 is 0 Å². The van der Waals surface area contributed by atoms with Gasteiger partial charge in [0.05, 0.1) is 17.4 Å². The quantitative estimate of drug-likeness (QED) is 0.935. The summed E-state index contributed by atoms with van der Waals surface area (Å²) in [7, 11) is 0. The maximum absolute atomic E-state index is 5.90. The molecule has 3 rings (SSSR count). The van der Waals surface area contributed by atoms with E-state index < -0.39 is 0 Å². The van der Waals surface area contributed by atoms with E-state index in [2.05, 4.69) is 48.5 Å². The van der Waals surface area contributed by atoms with Gasteiger partial charge < -0.3 is 10.1 Å². The third kappa shape index (κ3) is 3.24. The van der Waals surface area contributed by atoms with Gasteiger partial charge in [0, 0.05) is 19.5 Å². The molecular formula is C16H22N4O. The van der Waals surface area contributed by atoms with Crippen LogP contribution in [0.4, 0.5) is 0 Å². The number of benzene rings is 1. The summed E-state index contributed by atoms with van der Waals surface area (Å²) in [6.45, 7) is 7.87. The molecule has 2 heterocycles. The monoisotopic (exact) mass is 286 g/mol. The Morgan fingerprint density at radius 3 is 2.86 bits per heavy atom. The Hall–Kier alpha value is -1.88. The molecule has 1 N–H and O–H groups in total. The average Bonchev–Trinajstić information content (AvgIpc) is 3.03. The zero-order valence-corrected chi connectivity index (χ0v) is 12.8. The lowest BCUT2D eigenvalue weighted by Gasteiger charge is -2.17. The van der Waals surface area contributed by atoms with E-state index in [4.69, 9.17) is 4.74 Å². The zero-order chi connectivity index (χ0) is 14.9. The molecule has 0 saturated heterocycles. The summed E-state index contributed by atoms with van der Waals surface area (Å²) in [4.78, 5) is 0. The third-order valence-corrected chi connectivity index (χ3v) is 3.62. The number of nitrogens with zero attached hydrogens (tertiary/aromatic N) is 3. The molecule has 1 aromatic heterocycles. The molecule has 0 aliphatic carbocycles. The molecule has 0 fully saturated rings. The van der Waals surface area contributed by atoms with Crippen LogP contribution in [0.25, 0.3) is 0 Å². The first kappa shape index (κ1) is 14.1. The largest absolute Gasteiger partial charge is 0.488 e. The molecule has 1 aliphatic rings. The predicted octanol–water partition coefficient (Wildman–Crippen LogP) is 2.13. The Morgan fingerprint density at radius 2 is 2.14 bits per heavy atom. The van der Waals surface area contributed by atoms with Crippen molar-refractivity contribution in [2.45, 2.75) is 45.4 Å². The number of hydrogen-bond donors (Lipinski definition) is 1. The standard InChI is InChI=1S/C16H22N4O/c1-16(2,3)20-11-13(18-19-20)9-17-10-14-8-12-6-4-5-7-15(12)21-14/h4-7,11,14,17H,8-10H2,1-3H3. The molecule has 21 heavy (non-hydrogen) atoms. The van der Waals surface area contributed by atoms with Crippen LogP contribution in [0.3, 0.4) is 0 Å². The van der Waals surface area contributed by atoms with E-state index in [9.17, 15) is 0 Å². The number of fused-ring (bicyclic) bond motifs is 1. The van der Waals surface area contributed by atoms with Gasteiger partial charge in [0.25, 0.3) is 0 Å². The molecule has 1 atom stereocenters. The van der Waals surface area contributed by atoms with Gasteiger partial charge in [0.2, 0.25) is 0 Å². The van der Waals surface area contributed by atoms with Crippen LogP contribution in [-0.4, -0.2) is 27.6 Å². The second-order valence-corrected chi connectivity index (χ2v) is 6.51. The zero-order valence-electron chi connectivity index (χ0n) is 12.8. The number of ether oxygens (including phenoxy) is 1. The van der Waals surface area contributed by atoms with Crippen LogP contribution >= 0.6 is 0 Å². The highest BCUT2D eigenvalue weighted by molar-refractivity contribution is 5.37. The molecule has 1 unspecified atom stereocenters. The Bertz CT molecular complexity index is 590. The van der Waals surface area contributed by atoms with E-state index in [0.29, 0.717) is 6.54 Å². The Morgan fingerprint density at radius 1 is 1.33 bits per heavy atom. The van der Waals surface area contributed by atoms with E-state index in [0.717, 1.165) is 24.4 Å². The highest BCUT2D eigenvalue weighted by Gasteiger charge is 2.22. The van der Waals surface area contributed by atoms with E-state index in [1.165, 1.54) is 5.56 Å².